The molecule has 0 heterocycles. The molecule has 1 unspecified atom stereocenters. The topological polar surface area (TPSA) is 49.3 Å². The van der Waals surface area contributed by atoms with E-state index >= 15 is 0 Å². The normalized spacial score (nSPS) is 13.2. The molecule has 2 N–H and O–H groups in total. The first-order valence-electron chi connectivity index (χ1n) is 4.97. The zero-order chi connectivity index (χ0) is 10.3. The minimum Gasteiger partial charge on any atom is -0.481 e. The number of carbonyl (C=O) groups is 1. The van der Waals surface area contributed by atoms with Crippen LogP contribution in [0, 0.1) is 11.8 Å². The van der Waals surface area contributed by atoms with Crippen LogP contribution < -0.4 is 5.32 Å². The molecule has 1 atom stereocenters. The second kappa shape index (κ2) is 6.89. The predicted molar refractivity (Wildman–Crippen MR) is 53.7 cm³/mol. The summed E-state index contributed by atoms with van der Waals surface area (Å²) in [5.74, 6) is -0.221. The van der Waals surface area contributed by atoms with E-state index < -0.39 is 5.97 Å². The van der Waals surface area contributed by atoms with Crippen molar-refractivity contribution >= 4 is 5.97 Å². The van der Waals surface area contributed by atoms with Gasteiger partial charge in [0.05, 0.1) is 5.92 Å². The lowest BCUT2D eigenvalue weighted by atomic mass is 10.1. The molecule has 3 nitrogen and oxygen atoms in total. The van der Waals surface area contributed by atoms with Crippen LogP contribution in [0.3, 0.4) is 0 Å². The molecule has 0 aliphatic carbocycles. The molecule has 0 saturated heterocycles. The molecule has 13 heavy (non-hydrogen) atoms. The maximum atomic E-state index is 10.4. The average Bonchev–Trinajstić information content (AvgIpc) is 2.02. The smallest absolute Gasteiger partial charge is 0.306 e. The summed E-state index contributed by atoms with van der Waals surface area (Å²) in [4.78, 5) is 10.4. The number of carboxylic acids is 1. The van der Waals surface area contributed by atoms with Crippen LogP contribution in [0.1, 0.15) is 33.6 Å². The second-order valence-corrected chi connectivity index (χ2v) is 3.96. The van der Waals surface area contributed by atoms with Gasteiger partial charge < -0.3 is 10.4 Å². The maximum absolute atomic E-state index is 10.4. The van der Waals surface area contributed by atoms with Crippen molar-refractivity contribution in [2.24, 2.45) is 11.8 Å². The summed E-state index contributed by atoms with van der Waals surface area (Å²) in [6.07, 6.45) is 1.87. The van der Waals surface area contributed by atoms with Gasteiger partial charge >= 0.3 is 5.97 Å². The van der Waals surface area contributed by atoms with Crippen molar-refractivity contribution in [3.05, 3.63) is 0 Å². The molecule has 0 amide bonds. The molecule has 0 radical (unpaired) electrons. The number of carboxylic acid groups (broad SMARTS) is 1. The Morgan fingerprint density at radius 3 is 2.23 bits per heavy atom. The zero-order valence-electron chi connectivity index (χ0n) is 8.84. The van der Waals surface area contributed by atoms with Crippen molar-refractivity contribution in [2.45, 2.75) is 33.6 Å². The predicted octanol–water partition coefficient (Wildman–Crippen LogP) is 1.73. The molecule has 0 fully saturated rings. The number of hydrogen-bond donors (Lipinski definition) is 2. The Kier molecular flexibility index (Phi) is 6.59. The van der Waals surface area contributed by atoms with Crippen molar-refractivity contribution < 1.29 is 9.90 Å². The summed E-state index contributed by atoms with van der Waals surface area (Å²) in [7, 11) is 0. The van der Waals surface area contributed by atoms with Crippen LogP contribution in [-0.2, 0) is 4.79 Å². The van der Waals surface area contributed by atoms with Gasteiger partial charge in [-0.3, -0.25) is 4.79 Å². The highest BCUT2D eigenvalue weighted by atomic mass is 16.4. The molecule has 78 valence electrons. The molecular weight excluding hydrogens is 166 g/mol. The Morgan fingerprint density at radius 2 is 1.77 bits per heavy atom. The monoisotopic (exact) mass is 187 g/mol. The summed E-state index contributed by atoms with van der Waals surface area (Å²) in [6.45, 7) is 7.90. The highest BCUT2D eigenvalue weighted by molar-refractivity contribution is 5.69. The fraction of sp³-hybridized carbons (Fsp3) is 0.900. The van der Waals surface area contributed by atoms with E-state index in [0.29, 0.717) is 12.3 Å². The molecule has 0 aromatic heterocycles. The van der Waals surface area contributed by atoms with Gasteiger partial charge in [-0.15, -0.1) is 0 Å². The maximum Gasteiger partial charge on any atom is 0.306 e. The van der Waals surface area contributed by atoms with E-state index in [2.05, 4.69) is 19.2 Å². The van der Waals surface area contributed by atoms with E-state index in [-0.39, 0.29) is 5.92 Å². The number of hydrogen-bond acceptors (Lipinski definition) is 2. The Bertz CT molecular complexity index is 146. The van der Waals surface area contributed by atoms with Gasteiger partial charge in [0.2, 0.25) is 0 Å². The molecule has 0 spiro atoms. The fourth-order valence-electron chi connectivity index (χ4n) is 0.958. The second-order valence-electron chi connectivity index (χ2n) is 3.96. The molecule has 0 aromatic rings. The molecule has 3 heteroatoms. The minimum absolute atomic E-state index is 0.230. The van der Waals surface area contributed by atoms with Crippen LogP contribution in [0.25, 0.3) is 0 Å². The third-order valence-corrected chi connectivity index (χ3v) is 2.07. The van der Waals surface area contributed by atoms with Gasteiger partial charge in [-0.2, -0.15) is 0 Å². The van der Waals surface area contributed by atoms with E-state index in [4.69, 9.17) is 5.11 Å². The SMILES string of the molecule is CC(C)CCNCCC(C)C(=O)O. The van der Waals surface area contributed by atoms with Gasteiger partial charge in [-0.1, -0.05) is 20.8 Å². The van der Waals surface area contributed by atoms with Crippen molar-refractivity contribution in [1.82, 2.24) is 5.32 Å². The van der Waals surface area contributed by atoms with Gasteiger partial charge in [-0.25, -0.2) is 0 Å². The summed E-state index contributed by atoms with van der Waals surface area (Å²) < 4.78 is 0. The quantitative estimate of drug-likeness (QED) is 0.597. The van der Waals surface area contributed by atoms with Gasteiger partial charge in [-0.05, 0) is 31.8 Å². The first-order chi connectivity index (χ1) is 6.04. The Balaban J connectivity index is 3.21. The van der Waals surface area contributed by atoms with Crippen molar-refractivity contribution in [3.63, 3.8) is 0 Å². The third kappa shape index (κ3) is 7.78. The standard InChI is InChI=1S/C10H21NO2/c1-8(2)4-6-11-7-5-9(3)10(12)13/h8-9,11H,4-7H2,1-3H3,(H,12,13). The summed E-state index contributed by atoms with van der Waals surface area (Å²) >= 11 is 0. The summed E-state index contributed by atoms with van der Waals surface area (Å²) in [5, 5.41) is 11.8. The lowest BCUT2D eigenvalue weighted by Gasteiger charge is -2.08. The van der Waals surface area contributed by atoms with Crippen LogP contribution >= 0.6 is 0 Å². The van der Waals surface area contributed by atoms with Gasteiger partial charge in [0.1, 0.15) is 0 Å². The largest absolute Gasteiger partial charge is 0.481 e. The molecule has 0 aliphatic heterocycles. The number of rotatable bonds is 7. The third-order valence-electron chi connectivity index (χ3n) is 2.07. The molecule has 0 rings (SSSR count). The van der Waals surface area contributed by atoms with Crippen LogP contribution in [0.15, 0.2) is 0 Å². The number of nitrogens with one attached hydrogen (secondary N) is 1. The molecule has 0 aliphatic rings. The van der Waals surface area contributed by atoms with Gasteiger partial charge in [0.25, 0.3) is 0 Å². The van der Waals surface area contributed by atoms with Gasteiger partial charge in [0, 0.05) is 0 Å². The first-order valence-corrected chi connectivity index (χ1v) is 4.97. The van der Waals surface area contributed by atoms with E-state index in [1.54, 1.807) is 6.92 Å². The molecule has 0 bridgehead atoms. The Hall–Kier alpha value is -0.570. The summed E-state index contributed by atoms with van der Waals surface area (Å²) in [6, 6.07) is 0. The fourth-order valence-corrected chi connectivity index (χ4v) is 0.958. The van der Waals surface area contributed by atoms with Crippen LogP contribution in [-0.4, -0.2) is 24.2 Å². The molecular formula is C10H21NO2. The van der Waals surface area contributed by atoms with Crippen molar-refractivity contribution in [2.75, 3.05) is 13.1 Å². The molecule has 0 saturated carbocycles. The van der Waals surface area contributed by atoms with Crippen LogP contribution in [0.2, 0.25) is 0 Å². The average molecular weight is 187 g/mol. The Morgan fingerprint density at radius 1 is 1.23 bits per heavy atom. The lowest BCUT2D eigenvalue weighted by Crippen LogP contribution is -2.22. The number of aliphatic carboxylic acids is 1. The van der Waals surface area contributed by atoms with E-state index in [1.807, 2.05) is 0 Å². The van der Waals surface area contributed by atoms with E-state index in [1.165, 1.54) is 0 Å². The van der Waals surface area contributed by atoms with Gasteiger partial charge in [0.15, 0.2) is 0 Å². The Labute approximate surface area is 80.5 Å². The van der Waals surface area contributed by atoms with E-state index in [9.17, 15) is 4.79 Å². The van der Waals surface area contributed by atoms with Crippen LogP contribution in [0.5, 0.6) is 0 Å². The zero-order valence-corrected chi connectivity index (χ0v) is 8.84. The highest BCUT2D eigenvalue weighted by Crippen LogP contribution is 2.00. The minimum atomic E-state index is -0.703. The van der Waals surface area contributed by atoms with Crippen molar-refractivity contribution in [3.8, 4) is 0 Å². The summed E-state index contributed by atoms with van der Waals surface area (Å²) in [5.41, 5.74) is 0. The molecule has 0 aromatic carbocycles. The highest BCUT2D eigenvalue weighted by Gasteiger charge is 2.09. The van der Waals surface area contributed by atoms with Crippen molar-refractivity contribution in [1.29, 1.82) is 0 Å². The van der Waals surface area contributed by atoms with Crippen LogP contribution in [0.4, 0.5) is 0 Å². The lowest BCUT2D eigenvalue weighted by molar-refractivity contribution is -0.141. The van der Waals surface area contributed by atoms with E-state index in [0.717, 1.165) is 19.5 Å². The first kappa shape index (κ1) is 12.4.